The number of nitrogens with one attached hydrogen (secondary N) is 1. The lowest BCUT2D eigenvalue weighted by molar-refractivity contribution is -0.141. The Balaban J connectivity index is 2.77. The molecule has 0 aliphatic heterocycles. The number of carbonyl (C=O) groups is 1. The van der Waals surface area contributed by atoms with Gasteiger partial charge in [-0.1, -0.05) is 6.92 Å². The Labute approximate surface area is 103 Å². The van der Waals surface area contributed by atoms with Crippen LogP contribution >= 0.6 is 0 Å². The first-order chi connectivity index (χ1) is 8.38. The summed E-state index contributed by atoms with van der Waals surface area (Å²) in [6.45, 7) is 1.78. The van der Waals surface area contributed by atoms with Gasteiger partial charge in [-0.05, 0) is 30.7 Å². The van der Waals surface area contributed by atoms with E-state index in [9.17, 15) is 18.0 Å². The number of benzene rings is 1. The smallest absolute Gasteiger partial charge is 0.416 e. The molecule has 100 valence electrons. The van der Waals surface area contributed by atoms with Gasteiger partial charge in [-0.25, -0.2) is 4.79 Å². The normalized spacial score (nSPS) is 12.9. The van der Waals surface area contributed by atoms with Crippen LogP contribution in [0.3, 0.4) is 0 Å². The average molecular weight is 261 g/mol. The molecule has 1 rings (SSSR count). The molecule has 1 N–H and O–H groups in total. The molecule has 0 fully saturated rings. The zero-order chi connectivity index (χ0) is 13.8. The van der Waals surface area contributed by atoms with E-state index in [1.807, 2.05) is 0 Å². The number of hydrogen-bond donors (Lipinski definition) is 1. The van der Waals surface area contributed by atoms with Crippen molar-refractivity contribution in [2.45, 2.75) is 25.6 Å². The third-order valence-corrected chi connectivity index (χ3v) is 2.45. The van der Waals surface area contributed by atoms with Crippen LogP contribution in [-0.4, -0.2) is 19.1 Å². The first-order valence-electron chi connectivity index (χ1n) is 5.40. The Hall–Kier alpha value is -1.72. The van der Waals surface area contributed by atoms with Gasteiger partial charge >= 0.3 is 12.1 Å². The van der Waals surface area contributed by atoms with Gasteiger partial charge in [0.2, 0.25) is 0 Å². The van der Waals surface area contributed by atoms with Crippen molar-refractivity contribution >= 4 is 11.7 Å². The van der Waals surface area contributed by atoms with Crippen molar-refractivity contribution in [3.63, 3.8) is 0 Å². The molecule has 1 aromatic carbocycles. The Bertz CT molecular complexity index is 401. The second kappa shape index (κ2) is 5.75. The third kappa shape index (κ3) is 3.65. The molecule has 0 saturated heterocycles. The van der Waals surface area contributed by atoms with E-state index in [1.54, 1.807) is 6.92 Å². The topological polar surface area (TPSA) is 38.3 Å². The van der Waals surface area contributed by atoms with Crippen LogP contribution < -0.4 is 5.32 Å². The van der Waals surface area contributed by atoms with Crippen LogP contribution in [-0.2, 0) is 15.7 Å². The maximum Gasteiger partial charge on any atom is 0.416 e. The summed E-state index contributed by atoms with van der Waals surface area (Å²) in [6, 6.07) is 3.94. The number of anilines is 1. The first-order valence-corrected chi connectivity index (χ1v) is 5.40. The molecule has 6 heteroatoms. The van der Waals surface area contributed by atoms with Gasteiger partial charge in [0, 0.05) is 5.69 Å². The fourth-order valence-corrected chi connectivity index (χ4v) is 1.43. The molecule has 1 aromatic rings. The van der Waals surface area contributed by atoms with E-state index in [1.165, 1.54) is 19.2 Å². The van der Waals surface area contributed by atoms with E-state index in [-0.39, 0.29) is 0 Å². The Morgan fingerprint density at radius 1 is 1.33 bits per heavy atom. The van der Waals surface area contributed by atoms with Crippen molar-refractivity contribution in [3.8, 4) is 0 Å². The molecular weight excluding hydrogens is 247 g/mol. The van der Waals surface area contributed by atoms with Crippen LogP contribution in [0.1, 0.15) is 18.9 Å². The van der Waals surface area contributed by atoms with Crippen LogP contribution in [0.15, 0.2) is 24.3 Å². The molecule has 0 amide bonds. The molecule has 3 nitrogen and oxygen atoms in total. The number of methoxy groups -OCH3 is 1. The molecule has 1 unspecified atom stereocenters. The van der Waals surface area contributed by atoms with Crippen LogP contribution in [0.25, 0.3) is 0 Å². The Morgan fingerprint density at radius 2 is 1.89 bits per heavy atom. The summed E-state index contributed by atoms with van der Waals surface area (Å²) in [5.74, 6) is -0.447. The molecular formula is C12H14F3NO2. The van der Waals surface area contributed by atoms with Crippen molar-refractivity contribution in [2.75, 3.05) is 12.4 Å². The quantitative estimate of drug-likeness (QED) is 0.846. The summed E-state index contributed by atoms with van der Waals surface area (Å²) in [5.41, 5.74) is -0.278. The zero-order valence-corrected chi connectivity index (χ0v) is 10.0. The predicted molar refractivity (Wildman–Crippen MR) is 61.2 cm³/mol. The van der Waals surface area contributed by atoms with E-state index < -0.39 is 23.8 Å². The summed E-state index contributed by atoms with van der Waals surface area (Å²) in [6.07, 6.45) is -3.88. The molecule has 0 aliphatic carbocycles. The van der Waals surface area contributed by atoms with E-state index in [4.69, 9.17) is 0 Å². The number of ether oxygens (including phenoxy) is 1. The molecule has 0 bridgehead atoms. The van der Waals surface area contributed by atoms with Gasteiger partial charge in [-0.3, -0.25) is 0 Å². The lowest BCUT2D eigenvalue weighted by Crippen LogP contribution is -2.29. The standard InChI is InChI=1S/C12H14F3NO2/c1-3-10(11(17)18-2)16-9-6-4-8(5-7-9)12(13,14)15/h4-7,10,16H,3H2,1-2H3. The molecule has 0 aliphatic rings. The van der Waals surface area contributed by atoms with Gasteiger partial charge in [0.25, 0.3) is 0 Å². The maximum atomic E-state index is 12.3. The third-order valence-electron chi connectivity index (χ3n) is 2.45. The van der Waals surface area contributed by atoms with Gasteiger partial charge in [-0.2, -0.15) is 13.2 Å². The number of esters is 1. The van der Waals surface area contributed by atoms with Gasteiger partial charge in [0.1, 0.15) is 6.04 Å². The van der Waals surface area contributed by atoms with Crippen molar-refractivity contribution in [1.82, 2.24) is 0 Å². The summed E-state index contributed by atoms with van der Waals surface area (Å²) in [5, 5.41) is 2.82. The highest BCUT2D eigenvalue weighted by molar-refractivity contribution is 5.79. The van der Waals surface area contributed by atoms with E-state index in [0.29, 0.717) is 12.1 Å². The molecule has 0 heterocycles. The highest BCUT2D eigenvalue weighted by Crippen LogP contribution is 2.29. The number of alkyl halides is 3. The van der Waals surface area contributed by atoms with Gasteiger partial charge in [0.15, 0.2) is 0 Å². The highest BCUT2D eigenvalue weighted by atomic mass is 19.4. The van der Waals surface area contributed by atoms with E-state index >= 15 is 0 Å². The largest absolute Gasteiger partial charge is 0.467 e. The number of rotatable bonds is 4. The molecule has 0 saturated carbocycles. The summed E-state index contributed by atoms with van der Waals surface area (Å²) < 4.78 is 41.6. The minimum atomic E-state index is -4.36. The Morgan fingerprint density at radius 3 is 2.28 bits per heavy atom. The molecule has 0 aromatic heterocycles. The monoisotopic (exact) mass is 261 g/mol. The molecule has 0 radical (unpaired) electrons. The van der Waals surface area contributed by atoms with Crippen molar-refractivity contribution in [1.29, 1.82) is 0 Å². The van der Waals surface area contributed by atoms with Crippen LogP contribution in [0.2, 0.25) is 0 Å². The maximum absolute atomic E-state index is 12.3. The van der Waals surface area contributed by atoms with Gasteiger partial charge in [0.05, 0.1) is 12.7 Å². The summed E-state index contributed by atoms with van der Waals surface area (Å²) in [4.78, 5) is 11.3. The lowest BCUT2D eigenvalue weighted by atomic mass is 10.1. The minimum absolute atomic E-state index is 0.445. The van der Waals surface area contributed by atoms with Gasteiger partial charge in [-0.15, -0.1) is 0 Å². The average Bonchev–Trinajstić information content (AvgIpc) is 2.34. The van der Waals surface area contributed by atoms with E-state index in [0.717, 1.165) is 12.1 Å². The second-order valence-electron chi connectivity index (χ2n) is 3.70. The molecule has 18 heavy (non-hydrogen) atoms. The summed E-state index contributed by atoms with van der Waals surface area (Å²) >= 11 is 0. The SMILES string of the molecule is CCC(Nc1ccc(C(F)(F)F)cc1)C(=O)OC. The number of hydrogen-bond acceptors (Lipinski definition) is 3. The second-order valence-corrected chi connectivity index (χ2v) is 3.70. The fraction of sp³-hybridized carbons (Fsp3) is 0.417. The van der Waals surface area contributed by atoms with E-state index in [2.05, 4.69) is 10.1 Å². The first kappa shape index (κ1) is 14.3. The number of halogens is 3. The van der Waals surface area contributed by atoms with Crippen molar-refractivity contribution in [2.24, 2.45) is 0 Å². The number of carbonyl (C=O) groups excluding carboxylic acids is 1. The van der Waals surface area contributed by atoms with Crippen LogP contribution in [0.4, 0.5) is 18.9 Å². The minimum Gasteiger partial charge on any atom is -0.467 e. The predicted octanol–water partition coefficient (Wildman–Crippen LogP) is 3.07. The summed E-state index contributed by atoms with van der Waals surface area (Å²) in [7, 11) is 1.26. The fourth-order valence-electron chi connectivity index (χ4n) is 1.43. The molecule has 0 spiro atoms. The van der Waals surface area contributed by atoms with Crippen LogP contribution in [0.5, 0.6) is 0 Å². The zero-order valence-electron chi connectivity index (χ0n) is 10.0. The molecule has 1 atom stereocenters. The highest BCUT2D eigenvalue weighted by Gasteiger charge is 2.30. The van der Waals surface area contributed by atoms with Crippen molar-refractivity contribution in [3.05, 3.63) is 29.8 Å². The van der Waals surface area contributed by atoms with Crippen LogP contribution in [0, 0.1) is 0 Å². The van der Waals surface area contributed by atoms with Gasteiger partial charge < -0.3 is 10.1 Å². The van der Waals surface area contributed by atoms with Crippen molar-refractivity contribution < 1.29 is 22.7 Å². The Kier molecular flexibility index (Phi) is 4.58. The lowest BCUT2D eigenvalue weighted by Gasteiger charge is -2.16.